The molecule has 2 heteroatoms. The zero-order valence-corrected chi connectivity index (χ0v) is 9.34. The Morgan fingerprint density at radius 2 is 2.08 bits per heavy atom. The van der Waals surface area contributed by atoms with E-state index in [1.165, 1.54) is 38.9 Å². The quantitative estimate of drug-likeness (QED) is 0.700. The molecular weight excluding hydrogens is 160 g/mol. The maximum absolute atomic E-state index is 3.43. The first-order valence-corrected chi connectivity index (χ1v) is 5.68. The predicted octanol–water partition coefficient (Wildman–Crippen LogP) is 1.72. The molecule has 1 aliphatic rings. The largest absolute Gasteiger partial charge is 0.316 e. The first-order chi connectivity index (χ1) is 6.27. The van der Waals surface area contributed by atoms with Gasteiger partial charge in [-0.2, -0.15) is 0 Å². The fourth-order valence-corrected chi connectivity index (χ4v) is 2.34. The van der Waals surface area contributed by atoms with Gasteiger partial charge in [0.25, 0.3) is 0 Å². The van der Waals surface area contributed by atoms with E-state index in [2.05, 4.69) is 31.1 Å². The lowest BCUT2D eigenvalue weighted by molar-refractivity contribution is 0.201. The summed E-state index contributed by atoms with van der Waals surface area (Å²) in [5.41, 5.74) is 0. The molecule has 1 aliphatic heterocycles. The van der Waals surface area contributed by atoms with Gasteiger partial charge in [-0.15, -0.1) is 0 Å². The van der Waals surface area contributed by atoms with Gasteiger partial charge >= 0.3 is 0 Å². The van der Waals surface area contributed by atoms with E-state index >= 15 is 0 Å². The number of nitrogens with one attached hydrogen (secondary N) is 1. The molecule has 1 rings (SSSR count). The first-order valence-electron chi connectivity index (χ1n) is 5.68. The molecule has 1 N–H and O–H groups in total. The van der Waals surface area contributed by atoms with E-state index in [0.29, 0.717) is 0 Å². The summed E-state index contributed by atoms with van der Waals surface area (Å²) in [6.45, 7) is 8.31. The first kappa shape index (κ1) is 11.0. The second kappa shape index (κ2) is 5.61. The molecule has 1 heterocycles. The van der Waals surface area contributed by atoms with Gasteiger partial charge in [-0.1, -0.05) is 13.8 Å². The summed E-state index contributed by atoms with van der Waals surface area (Å²) in [6, 6.07) is 0.792. The van der Waals surface area contributed by atoms with Crippen LogP contribution in [0.3, 0.4) is 0 Å². The van der Waals surface area contributed by atoms with Crippen LogP contribution >= 0.6 is 0 Å². The maximum Gasteiger partial charge on any atom is 0.00870 e. The van der Waals surface area contributed by atoms with Gasteiger partial charge in [0.1, 0.15) is 0 Å². The van der Waals surface area contributed by atoms with E-state index in [0.717, 1.165) is 12.0 Å². The normalized spacial score (nSPS) is 23.3. The van der Waals surface area contributed by atoms with Crippen LogP contribution in [0.4, 0.5) is 0 Å². The molecule has 0 saturated carbocycles. The zero-order valence-electron chi connectivity index (χ0n) is 9.34. The summed E-state index contributed by atoms with van der Waals surface area (Å²) in [6.07, 6.45) is 3.94. The third kappa shape index (κ3) is 3.28. The fraction of sp³-hybridized carbons (Fsp3) is 1.00. The van der Waals surface area contributed by atoms with Gasteiger partial charge in [-0.25, -0.2) is 0 Å². The van der Waals surface area contributed by atoms with Crippen LogP contribution in [0.1, 0.15) is 33.1 Å². The van der Waals surface area contributed by atoms with Crippen LogP contribution in [0.25, 0.3) is 0 Å². The summed E-state index contributed by atoms with van der Waals surface area (Å²) >= 11 is 0. The Morgan fingerprint density at radius 3 is 2.54 bits per heavy atom. The third-order valence-corrected chi connectivity index (χ3v) is 3.27. The van der Waals surface area contributed by atoms with Gasteiger partial charge < -0.3 is 10.2 Å². The van der Waals surface area contributed by atoms with Crippen LogP contribution < -0.4 is 5.32 Å². The third-order valence-electron chi connectivity index (χ3n) is 3.27. The van der Waals surface area contributed by atoms with Gasteiger partial charge in [0.05, 0.1) is 0 Å². The molecule has 1 saturated heterocycles. The summed E-state index contributed by atoms with van der Waals surface area (Å²) in [7, 11) is 2.27. The number of rotatable bonds is 5. The van der Waals surface area contributed by atoms with Crippen molar-refractivity contribution in [1.29, 1.82) is 0 Å². The highest BCUT2D eigenvalue weighted by molar-refractivity contribution is 4.76. The maximum atomic E-state index is 3.43. The van der Waals surface area contributed by atoms with Crippen LogP contribution in [-0.4, -0.2) is 37.6 Å². The highest BCUT2D eigenvalue weighted by Crippen LogP contribution is 2.13. The predicted molar refractivity (Wildman–Crippen MR) is 58.0 cm³/mol. The van der Waals surface area contributed by atoms with Crippen LogP contribution in [0, 0.1) is 5.92 Å². The molecule has 0 aliphatic carbocycles. The second-order valence-electron chi connectivity index (χ2n) is 4.27. The van der Waals surface area contributed by atoms with Crippen LogP contribution in [0.15, 0.2) is 0 Å². The molecule has 0 aromatic rings. The molecule has 0 aromatic carbocycles. The average Bonchev–Trinajstić information content (AvgIpc) is 2.59. The molecule has 1 atom stereocenters. The van der Waals surface area contributed by atoms with Crippen molar-refractivity contribution in [1.82, 2.24) is 10.2 Å². The zero-order chi connectivity index (χ0) is 9.68. The topological polar surface area (TPSA) is 15.3 Å². The lowest BCUT2D eigenvalue weighted by atomic mass is 10.1. The van der Waals surface area contributed by atoms with Crippen molar-refractivity contribution in [3.05, 3.63) is 0 Å². The summed E-state index contributed by atoms with van der Waals surface area (Å²) in [4.78, 5) is 2.54. The Labute approximate surface area is 82.7 Å². The van der Waals surface area contributed by atoms with Crippen molar-refractivity contribution in [2.24, 2.45) is 5.92 Å². The molecule has 13 heavy (non-hydrogen) atoms. The van der Waals surface area contributed by atoms with E-state index < -0.39 is 0 Å². The van der Waals surface area contributed by atoms with Gasteiger partial charge in [-0.05, 0) is 45.3 Å². The molecule has 0 spiro atoms. The van der Waals surface area contributed by atoms with E-state index in [1.54, 1.807) is 0 Å². The van der Waals surface area contributed by atoms with Crippen molar-refractivity contribution in [2.45, 2.75) is 39.2 Å². The Bertz CT molecular complexity index is 126. The monoisotopic (exact) mass is 184 g/mol. The lowest BCUT2D eigenvalue weighted by Gasteiger charge is -2.28. The van der Waals surface area contributed by atoms with E-state index in [9.17, 15) is 0 Å². The van der Waals surface area contributed by atoms with E-state index in [1.807, 2.05) is 0 Å². The van der Waals surface area contributed by atoms with Gasteiger partial charge in [-0.3, -0.25) is 0 Å². The highest BCUT2D eigenvalue weighted by Gasteiger charge is 2.19. The van der Waals surface area contributed by atoms with Gasteiger partial charge in [0.15, 0.2) is 0 Å². The van der Waals surface area contributed by atoms with E-state index in [4.69, 9.17) is 0 Å². The van der Waals surface area contributed by atoms with Crippen molar-refractivity contribution >= 4 is 0 Å². The Hall–Kier alpha value is -0.0800. The van der Waals surface area contributed by atoms with Crippen LogP contribution in [0.5, 0.6) is 0 Å². The minimum atomic E-state index is 0.792. The van der Waals surface area contributed by atoms with Crippen molar-refractivity contribution in [3.8, 4) is 0 Å². The molecule has 2 nitrogen and oxygen atoms in total. The number of nitrogens with zero attached hydrogens (tertiary/aromatic N) is 1. The highest BCUT2D eigenvalue weighted by atomic mass is 15.1. The summed E-state index contributed by atoms with van der Waals surface area (Å²) in [5, 5.41) is 3.43. The molecule has 1 fully saturated rings. The van der Waals surface area contributed by atoms with Crippen molar-refractivity contribution in [3.63, 3.8) is 0 Å². The lowest BCUT2D eigenvalue weighted by Crippen LogP contribution is -2.35. The molecule has 0 radical (unpaired) electrons. The van der Waals surface area contributed by atoms with Gasteiger partial charge in [0, 0.05) is 12.6 Å². The molecule has 1 unspecified atom stereocenters. The molecule has 78 valence electrons. The summed E-state index contributed by atoms with van der Waals surface area (Å²) in [5.74, 6) is 0.894. The number of hydrogen-bond donors (Lipinski definition) is 1. The molecule has 0 aromatic heterocycles. The molecule has 0 amide bonds. The SMILES string of the molecule is CCC(CC)N(C)CC1CCNC1. The number of hydrogen-bond acceptors (Lipinski definition) is 2. The fourth-order valence-electron chi connectivity index (χ4n) is 2.34. The Morgan fingerprint density at radius 1 is 1.38 bits per heavy atom. The van der Waals surface area contributed by atoms with Crippen LogP contribution in [0.2, 0.25) is 0 Å². The standard InChI is InChI=1S/C11H24N2/c1-4-11(5-2)13(3)9-10-6-7-12-8-10/h10-12H,4-9H2,1-3H3. The van der Waals surface area contributed by atoms with Crippen molar-refractivity contribution < 1.29 is 0 Å². The van der Waals surface area contributed by atoms with Crippen molar-refractivity contribution in [2.75, 3.05) is 26.7 Å². The Balaban J connectivity index is 2.25. The van der Waals surface area contributed by atoms with Gasteiger partial charge in [0.2, 0.25) is 0 Å². The summed E-state index contributed by atoms with van der Waals surface area (Å²) < 4.78 is 0. The van der Waals surface area contributed by atoms with Crippen LogP contribution in [-0.2, 0) is 0 Å². The molecule has 0 bridgehead atoms. The minimum Gasteiger partial charge on any atom is -0.316 e. The van der Waals surface area contributed by atoms with E-state index in [-0.39, 0.29) is 0 Å². The Kier molecular flexibility index (Phi) is 4.74. The average molecular weight is 184 g/mol. The molecular formula is C11H24N2. The minimum absolute atomic E-state index is 0.792. The second-order valence-corrected chi connectivity index (χ2v) is 4.27. The smallest absolute Gasteiger partial charge is 0.00870 e.